The van der Waals surface area contributed by atoms with Gasteiger partial charge in [-0.15, -0.1) is 0 Å². The molecule has 1 aliphatic heterocycles. The number of carbonyl (C=O) groups is 1. The van der Waals surface area contributed by atoms with Crippen LogP contribution in [0.2, 0.25) is 0 Å². The molecule has 0 aromatic heterocycles. The first-order chi connectivity index (χ1) is 7.71. The van der Waals surface area contributed by atoms with Crippen LogP contribution in [-0.4, -0.2) is 18.2 Å². The highest BCUT2D eigenvalue weighted by molar-refractivity contribution is 5.91. The van der Waals surface area contributed by atoms with Gasteiger partial charge >= 0.3 is 6.09 Å². The van der Waals surface area contributed by atoms with Crippen molar-refractivity contribution in [1.82, 2.24) is 0 Å². The largest absolute Gasteiger partial charge is 0.449 e. The Morgan fingerprint density at radius 3 is 2.50 bits per heavy atom. The third kappa shape index (κ3) is 1.33. The summed E-state index contributed by atoms with van der Waals surface area (Å²) in [7, 11) is 0. The molecule has 4 nitrogen and oxygen atoms in total. The molecule has 1 heterocycles. The average molecular weight is 218 g/mol. The van der Waals surface area contributed by atoms with Crippen LogP contribution < -0.4 is 10.6 Å². The highest BCUT2D eigenvalue weighted by Crippen LogP contribution is 2.49. The quantitative estimate of drug-likeness (QED) is 0.735. The summed E-state index contributed by atoms with van der Waals surface area (Å²) in [5.74, 6) is 0. The minimum absolute atomic E-state index is 0.0332. The lowest BCUT2D eigenvalue weighted by atomic mass is 10.1. The van der Waals surface area contributed by atoms with Gasteiger partial charge in [-0.25, -0.2) is 4.79 Å². The number of amides is 1. The molecule has 1 aliphatic carbocycles. The molecule has 4 heteroatoms. The number of carbonyl (C=O) groups excluding carboxylic acids is 1. The maximum absolute atomic E-state index is 11.8. The fraction of sp³-hybridized carbons (Fsp3) is 0.417. The summed E-state index contributed by atoms with van der Waals surface area (Å²) in [5.41, 5.74) is 7.27. The molecule has 2 fully saturated rings. The fourth-order valence-corrected chi connectivity index (χ4v) is 2.32. The summed E-state index contributed by atoms with van der Waals surface area (Å²) in [4.78, 5) is 13.6. The van der Waals surface area contributed by atoms with Crippen LogP contribution in [0.1, 0.15) is 19.3 Å². The van der Waals surface area contributed by atoms with Crippen molar-refractivity contribution >= 4 is 17.5 Å². The molecule has 1 amide bonds. The molecule has 0 atom stereocenters. The minimum Gasteiger partial charge on any atom is -0.449 e. The van der Waals surface area contributed by atoms with Gasteiger partial charge in [0.05, 0.1) is 12.1 Å². The minimum atomic E-state index is -0.228. The van der Waals surface area contributed by atoms with Crippen molar-refractivity contribution < 1.29 is 9.53 Å². The predicted molar refractivity (Wildman–Crippen MR) is 61.3 cm³/mol. The molecule has 0 radical (unpaired) electrons. The van der Waals surface area contributed by atoms with E-state index in [2.05, 4.69) is 0 Å². The van der Waals surface area contributed by atoms with Crippen LogP contribution in [-0.2, 0) is 4.74 Å². The van der Waals surface area contributed by atoms with Gasteiger partial charge in [-0.1, -0.05) is 0 Å². The van der Waals surface area contributed by atoms with Gasteiger partial charge in [0.15, 0.2) is 0 Å². The van der Waals surface area contributed by atoms with Gasteiger partial charge in [-0.05, 0) is 37.1 Å². The predicted octanol–water partition coefficient (Wildman–Crippen LogP) is 2.15. The zero-order chi connectivity index (χ0) is 11.2. The number of nitrogens with two attached hydrogens (primary N) is 1. The molecule has 3 rings (SSSR count). The zero-order valence-electron chi connectivity index (χ0n) is 8.98. The van der Waals surface area contributed by atoms with Crippen molar-refractivity contribution in [2.24, 2.45) is 0 Å². The maximum atomic E-state index is 11.8. The van der Waals surface area contributed by atoms with E-state index in [-0.39, 0.29) is 11.6 Å². The summed E-state index contributed by atoms with van der Waals surface area (Å²) >= 11 is 0. The highest BCUT2D eigenvalue weighted by atomic mass is 16.6. The Morgan fingerprint density at radius 2 is 1.88 bits per heavy atom. The van der Waals surface area contributed by atoms with Crippen LogP contribution in [0, 0.1) is 0 Å². The van der Waals surface area contributed by atoms with E-state index >= 15 is 0 Å². The molecule has 84 valence electrons. The number of nitrogen functional groups attached to an aromatic ring is 1. The van der Waals surface area contributed by atoms with Crippen molar-refractivity contribution in [3.05, 3.63) is 24.3 Å². The molecule has 1 aromatic rings. The van der Waals surface area contributed by atoms with Crippen molar-refractivity contribution in [2.45, 2.75) is 24.8 Å². The lowest BCUT2D eigenvalue weighted by Gasteiger charge is -2.35. The van der Waals surface area contributed by atoms with Crippen molar-refractivity contribution in [3.8, 4) is 0 Å². The first kappa shape index (κ1) is 9.51. The first-order valence-corrected chi connectivity index (χ1v) is 5.54. The number of nitrogens with zero attached hydrogens (tertiary/aromatic N) is 1. The third-order valence-electron chi connectivity index (χ3n) is 3.43. The molecule has 16 heavy (non-hydrogen) atoms. The van der Waals surface area contributed by atoms with Gasteiger partial charge in [-0.2, -0.15) is 0 Å². The van der Waals surface area contributed by atoms with Crippen LogP contribution in [0.4, 0.5) is 16.2 Å². The van der Waals surface area contributed by atoms with Crippen LogP contribution in [0.15, 0.2) is 24.3 Å². The number of hydrogen-bond acceptors (Lipinski definition) is 3. The summed E-state index contributed by atoms with van der Waals surface area (Å²) in [5, 5.41) is 0. The highest BCUT2D eigenvalue weighted by Gasteiger charge is 2.53. The number of benzene rings is 1. The van der Waals surface area contributed by atoms with E-state index < -0.39 is 0 Å². The van der Waals surface area contributed by atoms with E-state index in [1.165, 1.54) is 0 Å². The first-order valence-electron chi connectivity index (χ1n) is 5.54. The van der Waals surface area contributed by atoms with Gasteiger partial charge < -0.3 is 10.5 Å². The summed E-state index contributed by atoms with van der Waals surface area (Å²) in [6, 6.07) is 7.38. The van der Waals surface area contributed by atoms with Crippen LogP contribution >= 0.6 is 0 Å². The Hall–Kier alpha value is -1.71. The molecule has 0 unspecified atom stereocenters. The van der Waals surface area contributed by atoms with Crippen molar-refractivity contribution in [1.29, 1.82) is 0 Å². The van der Waals surface area contributed by atoms with Crippen molar-refractivity contribution in [3.63, 3.8) is 0 Å². The number of ether oxygens (including phenoxy) is 1. The fourth-order valence-electron chi connectivity index (χ4n) is 2.32. The van der Waals surface area contributed by atoms with E-state index in [4.69, 9.17) is 10.5 Å². The third-order valence-corrected chi connectivity index (χ3v) is 3.43. The monoisotopic (exact) mass is 218 g/mol. The van der Waals surface area contributed by atoms with E-state index in [1.807, 2.05) is 24.3 Å². The van der Waals surface area contributed by atoms with E-state index in [1.54, 1.807) is 4.90 Å². The number of rotatable bonds is 1. The molecule has 1 saturated carbocycles. The number of cyclic esters (lactones) is 1. The lowest BCUT2D eigenvalue weighted by Crippen LogP contribution is -2.47. The summed E-state index contributed by atoms with van der Waals surface area (Å²) in [6.45, 7) is 0.546. The number of anilines is 2. The Morgan fingerprint density at radius 1 is 1.19 bits per heavy atom. The zero-order valence-corrected chi connectivity index (χ0v) is 8.98. The van der Waals surface area contributed by atoms with E-state index in [0.717, 1.165) is 24.9 Å². The number of hydrogen-bond donors (Lipinski definition) is 1. The molecule has 0 bridgehead atoms. The molecular weight excluding hydrogens is 204 g/mol. The molecule has 1 saturated heterocycles. The second kappa shape index (κ2) is 3.14. The van der Waals surface area contributed by atoms with E-state index in [9.17, 15) is 4.79 Å². The molecule has 1 aromatic carbocycles. The van der Waals surface area contributed by atoms with Gasteiger partial charge in [0.2, 0.25) is 0 Å². The molecule has 2 aliphatic rings. The second-order valence-electron chi connectivity index (χ2n) is 4.52. The average Bonchev–Trinajstić information content (AvgIpc) is 3.01. The van der Waals surface area contributed by atoms with Crippen LogP contribution in [0.3, 0.4) is 0 Å². The molecule has 2 N–H and O–H groups in total. The van der Waals surface area contributed by atoms with Gasteiger partial charge in [0.25, 0.3) is 0 Å². The van der Waals surface area contributed by atoms with Gasteiger partial charge in [-0.3, -0.25) is 4.90 Å². The molecular formula is C12H14N2O2. The second-order valence-corrected chi connectivity index (χ2v) is 4.52. The van der Waals surface area contributed by atoms with Crippen molar-refractivity contribution in [2.75, 3.05) is 17.2 Å². The van der Waals surface area contributed by atoms with E-state index in [0.29, 0.717) is 12.3 Å². The standard InChI is InChI=1S/C12H14N2O2/c13-9-1-3-10(4-2-9)14-11(15)16-8-7-12(14)5-6-12/h1-4H,5-8,13H2. The van der Waals surface area contributed by atoms with Crippen LogP contribution in [0.5, 0.6) is 0 Å². The lowest BCUT2D eigenvalue weighted by molar-refractivity contribution is 0.126. The maximum Gasteiger partial charge on any atom is 0.414 e. The Kier molecular flexibility index (Phi) is 1.87. The van der Waals surface area contributed by atoms with Gasteiger partial charge in [0, 0.05) is 17.8 Å². The Balaban J connectivity index is 1.97. The normalized spacial score (nSPS) is 22.0. The molecule has 1 spiro atoms. The smallest absolute Gasteiger partial charge is 0.414 e. The van der Waals surface area contributed by atoms with Gasteiger partial charge in [0.1, 0.15) is 0 Å². The SMILES string of the molecule is Nc1ccc(N2C(=O)OCCC23CC3)cc1. The topological polar surface area (TPSA) is 55.6 Å². The summed E-state index contributed by atoms with van der Waals surface area (Å²) < 4.78 is 5.11. The Labute approximate surface area is 94.0 Å². The van der Waals surface area contributed by atoms with Crippen LogP contribution in [0.25, 0.3) is 0 Å². The Bertz CT molecular complexity index is 423. The summed E-state index contributed by atoms with van der Waals surface area (Å²) in [6.07, 6.45) is 2.86.